The molecule has 3 N–H and O–H groups in total. The number of nitrogens with one attached hydrogen (secondary N) is 2. The highest BCUT2D eigenvalue weighted by Crippen LogP contribution is 2.29. The standard InChI is InChI=1S/C13H24N2O3S/c1-19-8-4-7-14-13(18)15-9-10-5-2-3-6-11(10)12(16)17/h10-11H,2-9H2,1H3,(H,16,17)(H2,14,15,18). The third kappa shape index (κ3) is 6.18. The fourth-order valence-electron chi connectivity index (χ4n) is 2.48. The smallest absolute Gasteiger partial charge is 0.314 e. The molecule has 110 valence electrons. The molecule has 0 aliphatic heterocycles. The summed E-state index contributed by atoms with van der Waals surface area (Å²) in [7, 11) is 0. The lowest BCUT2D eigenvalue weighted by atomic mass is 9.79. The number of carbonyl (C=O) groups is 2. The van der Waals surface area contributed by atoms with Crippen LogP contribution in [-0.4, -0.2) is 42.2 Å². The van der Waals surface area contributed by atoms with Gasteiger partial charge >= 0.3 is 12.0 Å². The molecule has 0 radical (unpaired) electrons. The maximum Gasteiger partial charge on any atom is 0.314 e. The molecule has 2 unspecified atom stereocenters. The Hall–Kier alpha value is -0.910. The molecule has 0 aromatic heterocycles. The van der Waals surface area contributed by atoms with Gasteiger partial charge in [0, 0.05) is 13.1 Å². The zero-order valence-corrected chi connectivity index (χ0v) is 12.3. The van der Waals surface area contributed by atoms with Gasteiger partial charge in [0.15, 0.2) is 0 Å². The fraction of sp³-hybridized carbons (Fsp3) is 0.846. The first-order chi connectivity index (χ1) is 9.15. The molecule has 1 aliphatic rings. The Bertz CT molecular complexity index is 300. The highest BCUT2D eigenvalue weighted by Gasteiger charge is 2.30. The van der Waals surface area contributed by atoms with Gasteiger partial charge in [0.1, 0.15) is 0 Å². The summed E-state index contributed by atoms with van der Waals surface area (Å²) in [5, 5.41) is 14.7. The number of aliphatic carboxylic acids is 1. The average Bonchev–Trinajstić information content (AvgIpc) is 2.41. The Labute approximate surface area is 118 Å². The maximum atomic E-state index is 11.5. The number of carboxylic acids is 1. The molecule has 0 aromatic rings. The van der Waals surface area contributed by atoms with E-state index in [0.717, 1.165) is 37.9 Å². The van der Waals surface area contributed by atoms with Gasteiger partial charge < -0.3 is 15.7 Å². The van der Waals surface area contributed by atoms with Crippen molar-refractivity contribution in [2.45, 2.75) is 32.1 Å². The summed E-state index contributed by atoms with van der Waals surface area (Å²) in [5.74, 6) is 0.0740. The Kier molecular flexibility index (Phi) is 7.70. The van der Waals surface area contributed by atoms with E-state index >= 15 is 0 Å². The molecule has 2 atom stereocenters. The Morgan fingerprint density at radius 1 is 1.26 bits per heavy atom. The summed E-state index contributed by atoms with van der Waals surface area (Å²) in [5.41, 5.74) is 0. The minimum absolute atomic E-state index is 0.0724. The highest BCUT2D eigenvalue weighted by molar-refractivity contribution is 7.98. The number of carboxylic acid groups (broad SMARTS) is 1. The van der Waals surface area contributed by atoms with Crippen LogP contribution < -0.4 is 10.6 Å². The normalized spacial score (nSPS) is 22.8. The molecule has 0 bridgehead atoms. The lowest BCUT2D eigenvalue weighted by Gasteiger charge is -2.28. The lowest BCUT2D eigenvalue weighted by Crippen LogP contribution is -2.42. The van der Waals surface area contributed by atoms with E-state index in [2.05, 4.69) is 10.6 Å². The first-order valence-corrected chi connectivity index (χ1v) is 8.28. The van der Waals surface area contributed by atoms with Crippen molar-refractivity contribution in [2.75, 3.05) is 25.1 Å². The summed E-state index contributed by atoms with van der Waals surface area (Å²) in [6.45, 7) is 1.13. The van der Waals surface area contributed by atoms with Gasteiger partial charge in [0.25, 0.3) is 0 Å². The van der Waals surface area contributed by atoms with Crippen molar-refractivity contribution in [3.05, 3.63) is 0 Å². The van der Waals surface area contributed by atoms with Crippen molar-refractivity contribution in [2.24, 2.45) is 11.8 Å². The van der Waals surface area contributed by atoms with Gasteiger partial charge in [-0.1, -0.05) is 12.8 Å². The van der Waals surface area contributed by atoms with Gasteiger partial charge in [-0.15, -0.1) is 0 Å². The van der Waals surface area contributed by atoms with Crippen molar-refractivity contribution in [1.29, 1.82) is 0 Å². The predicted octanol–water partition coefficient (Wildman–Crippen LogP) is 1.93. The van der Waals surface area contributed by atoms with Crippen LogP contribution in [0.2, 0.25) is 0 Å². The van der Waals surface area contributed by atoms with Crippen LogP contribution in [0.4, 0.5) is 4.79 Å². The Morgan fingerprint density at radius 3 is 2.68 bits per heavy atom. The van der Waals surface area contributed by atoms with E-state index in [1.165, 1.54) is 0 Å². The van der Waals surface area contributed by atoms with Gasteiger partial charge in [0.2, 0.25) is 0 Å². The average molecular weight is 288 g/mol. The molecule has 1 saturated carbocycles. The van der Waals surface area contributed by atoms with Crippen molar-refractivity contribution in [1.82, 2.24) is 10.6 Å². The number of amides is 2. The van der Waals surface area contributed by atoms with E-state index in [1.807, 2.05) is 6.26 Å². The van der Waals surface area contributed by atoms with Crippen molar-refractivity contribution in [3.8, 4) is 0 Å². The zero-order chi connectivity index (χ0) is 14.1. The first-order valence-electron chi connectivity index (χ1n) is 6.88. The summed E-state index contributed by atoms with van der Waals surface area (Å²) >= 11 is 1.76. The highest BCUT2D eigenvalue weighted by atomic mass is 32.2. The minimum atomic E-state index is -0.730. The minimum Gasteiger partial charge on any atom is -0.481 e. The van der Waals surface area contributed by atoms with Crippen molar-refractivity contribution in [3.63, 3.8) is 0 Å². The monoisotopic (exact) mass is 288 g/mol. The van der Waals surface area contributed by atoms with Crippen LogP contribution in [0.15, 0.2) is 0 Å². The Balaban J connectivity index is 2.22. The third-order valence-electron chi connectivity index (χ3n) is 3.56. The second kappa shape index (κ2) is 9.07. The van der Waals surface area contributed by atoms with E-state index in [0.29, 0.717) is 13.1 Å². The van der Waals surface area contributed by atoms with E-state index in [4.69, 9.17) is 5.11 Å². The van der Waals surface area contributed by atoms with Crippen LogP contribution in [0.1, 0.15) is 32.1 Å². The van der Waals surface area contributed by atoms with Crippen LogP contribution >= 0.6 is 11.8 Å². The van der Waals surface area contributed by atoms with Gasteiger partial charge in [-0.3, -0.25) is 4.79 Å². The van der Waals surface area contributed by atoms with Gasteiger partial charge in [-0.05, 0) is 37.2 Å². The second-order valence-electron chi connectivity index (χ2n) is 4.97. The molecular weight excluding hydrogens is 264 g/mol. The van der Waals surface area contributed by atoms with Gasteiger partial charge in [-0.2, -0.15) is 11.8 Å². The molecule has 0 aromatic carbocycles. The number of rotatable bonds is 7. The van der Waals surface area contributed by atoms with Crippen LogP contribution in [0.3, 0.4) is 0 Å². The largest absolute Gasteiger partial charge is 0.481 e. The van der Waals surface area contributed by atoms with E-state index in [-0.39, 0.29) is 17.9 Å². The number of carbonyl (C=O) groups excluding carboxylic acids is 1. The molecule has 6 heteroatoms. The lowest BCUT2D eigenvalue weighted by molar-refractivity contribution is -0.144. The Morgan fingerprint density at radius 2 is 2.00 bits per heavy atom. The molecule has 0 heterocycles. The van der Waals surface area contributed by atoms with Crippen LogP contribution in [0.5, 0.6) is 0 Å². The number of thioether (sulfide) groups is 1. The van der Waals surface area contributed by atoms with Gasteiger partial charge in [-0.25, -0.2) is 4.79 Å². The van der Waals surface area contributed by atoms with Crippen LogP contribution in [-0.2, 0) is 4.79 Å². The number of hydrogen-bond donors (Lipinski definition) is 3. The molecule has 19 heavy (non-hydrogen) atoms. The molecule has 2 amide bonds. The van der Waals surface area contributed by atoms with Crippen LogP contribution in [0, 0.1) is 11.8 Å². The third-order valence-corrected chi connectivity index (χ3v) is 4.26. The predicted molar refractivity (Wildman–Crippen MR) is 77.5 cm³/mol. The SMILES string of the molecule is CSCCCNC(=O)NCC1CCCCC1C(=O)O. The van der Waals surface area contributed by atoms with E-state index in [9.17, 15) is 9.59 Å². The van der Waals surface area contributed by atoms with Crippen molar-refractivity contribution < 1.29 is 14.7 Å². The maximum absolute atomic E-state index is 11.5. The van der Waals surface area contributed by atoms with E-state index in [1.54, 1.807) is 11.8 Å². The second-order valence-corrected chi connectivity index (χ2v) is 5.96. The summed E-state index contributed by atoms with van der Waals surface area (Å²) in [6.07, 6.45) is 6.66. The van der Waals surface area contributed by atoms with Crippen molar-refractivity contribution >= 4 is 23.8 Å². The molecule has 5 nitrogen and oxygen atoms in total. The quantitative estimate of drug-likeness (QED) is 0.626. The molecule has 1 rings (SSSR count). The molecule has 0 spiro atoms. The first kappa shape index (κ1) is 16.1. The molecule has 1 fully saturated rings. The number of urea groups is 1. The summed E-state index contributed by atoms with van der Waals surface area (Å²) < 4.78 is 0. The van der Waals surface area contributed by atoms with Crippen LogP contribution in [0.25, 0.3) is 0 Å². The summed E-state index contributed by atoms with van der Waals surface area (Å²) in [6, 6.07) is -0.184. The topological polar surface area (TPSA) is 78.4 Å². The van der Waals surface area contributed by atoms with Gasteiger partial charge in [0.05, 0.1) is 5.92 Å². The van der Waals surface area contributed by atoms with E-state index < -0.39 is 5.97 Å². The fourth-order valence-corrected chi connectivity index (χ4v) is 2.91. The number of hydrogen-bond acceptors (Lipinski definition) is 3. The molecule has 0 saturated heterocycles. The summed E-state index contributed by atoms with van der Waals surface area (Å²) in [4.78, 5) is 22.7. The molecular formula is C13H24N2O3S. The zero-order valence-electron chi connectivity index (χ0n) is 11.5. The molecule has 1 aliphatic carbocycles.